The van der Waals surface area contributed by atoms with E-state index in [-0.39, 0.29) is 11.4 Å². The summed E-state index contributed by atoms with van der Waals surface area (Å²) in [6, 6.07) is 5.95. The topological polar surface area (TPSA) is 92.7 Å². The lowest BCUT2D eigenvalue weighted by Gasteiger charge is -2.19. The van der Waals surface area contributed by atoms with Crippen LogP contribution in [0.1, 0.15) is 20.8 Å². The van der Waals surface area contributed by atoms with Gasteiger partial charge in [0.25, 0.3) is 0 Å². The maximum Gasteiger partial charge on any atom is 0.310 e. The van der Waals surface area contributed by atoms with Crippen molar-refractivity contribution in [3.05, 3.63) is 24.3 Å². The maximum absolute atomic E-state index is 12.0. The maximum atomic E-state index is 12.0. The molecule has 0 amide bonds. The van der Waals surface area contributed by atoms with E-state index in [0.29, 0.717) is 12.4 Å². The second-order valence-electron chi connectivity index (χ2n) is 4.92. The van der Waals surface area contributed by atoms with E-state index in [9.17, 15) is 13.2 Å². The molecule has 0 atom stereocenters. The van der Waals surface area contributed by atoms with E-state index in [1.54, 1.807) is 12.1 Å². The van der Waals surface area contributed by atoms with E-state index in [0.717, 1.165) is 0 Å². The van der Waals surface area contributed by atoms with Crippen LogP contribution in [0.5, 0.6) is 5.75 Å². The molecular formula is C13H19NO5S. The Balaban J connectivity index is 2.81. The van der Waals surface area contributed by atoms with Crippen LogP contribution in [0.3, 0.4) is 0 Å². The van der Waals surface area contributed by atoms with Gasteiger partial charge in [0.15, 0.2) is 0 Å². The van der Waals surface area contributed by atoms with E-state index in [2.05, 4.69) is 4.72 Å². The van der Waals surface area contributed by atoms with Gasteiger partial charge >= 0.3 is 5.97 Å². The molecule has 0 saturated carbocycles. The SMILES string of the molecule is CCOc1ccc(S(=O)(=O)NCC(C)(C)C(=O)O)cc1. The molecule has 112 valence electrons. The minimum absolute atomic E-state index is 0.0714. The van der Waals surface area contributed by atoms with Crippen LogP contribution in [0.2, 0.25) is 0 Å². The van der Waals surface area contributed by atoms with Gasteiger partial charge in [0.05, 0.1) is 16.9 Å². The largest absolute Gasteiger partial charge is 0.494 e. The van der Waals surface area contributed by atoms with Gasteiger partial charge in [0.1, 0.15) is 5.75 Å². The molecular weight excluding hydrogens is 282 g/mol. The first kappa shape index (κ1) is 16.5. The van der Waals surface area contributed by atoms with Crippen LogP contribution in [-0.2, 0) is 14.8 Å². The van der Waals surface area contributed by atoms with Crippen molar-refractivity contribution in [3.63, 3.8) is 0 Å². The third-order valence-corrected chi connectivity index (χ3v) is 4.15. The number of hydrogen-bond donors (Lipinski definition) is 2. The number of rotatable bonds is 7. The zero-order valence-corrected chi connectivity index (χ0v) is 12.5. The van der Waals surface area contributed by atoms with Gasteiger partial charge in [-0.25, -0.2) is 13.1 Å². The highest BCUT2D eigenvalue weighted by molar-refractivity contribution is 7.89. The number of ether oxygens (including phenoxy) is 1. The van der Waals surface area contributed by atoms with Crippen LogP contribution in [0, 0.1) is 5.41 Å². The second kappa shape index (κ2) is 6.23. The zero-order chi connectivity index (χ0) is 15.4. The summed E-state index contributed by atoms with van der Waals surface area (Å²) in [4.78, 5) is 11.0. The molecule has 0 heterocycles. The minimum atomic E-state index is -3.73. The number of carboxylic acid groups (broad SMARTS) is 1. The molecule has 0 spiro atoms. The molecule has 0 aliphatic heterocycles. The Morgan fingerprint density at radius 2 is 1.85 bits per heavy atom. The standard InChI is InChI=1S/C13H19NO5S/c1-4-19-10-5-7-11(8-6-10)20(17,18)14-9-13(2,3)12(15)16/h5-8,14H,4,9H2,1-3H3,(H,15,16). The third kappa shape index (κ3) is 4.21. The number of hydrogen-bond acceptors (Lipinski definition) is 4. The first-order valence-corrected chi connectivity index (χ1v) is 7.63. The summed E-state index contributed by atoms with van der Waals surface area (Å²) >= 11 is 0. The average molecular weight is 301 g/mol. The number of carboxylic acids is 1. The fraction of sp³-hybridized carbons (Fsp3) is 0.462. The summed E-state index contributed by atoms with van der Waals surface area (Å²) < 4.78 is 31.6. The smallest absolute Gasteiger partial charge is 0.310 e. The lowest BCUT2D eigenvalue weighted by atomic mass is 9.95. The quantitative estimate of drug-likeness (QED) is 0.795. The first-order valence-electron chi connectivity index (χ1n) is 6.15. The summed E-state index contributed by atoms with van der Waals surface area (Å²) in [5.74, 6) is -0.482. The Labute approximate surface area is 118 Å². The van der Waals surface area contributed by atoms with Gasteiger partial charge in [-0.05, 0) is 45.0 Å². The van der Waals surface area contributed by atoms with Gasteiger partial charge in [0, 0.05) is 6.54 Å². The Kier molecular flexibility index (Phi) is 5.13. The number of sulfonamides is 1. The average Bonchev–Trinajstić information content (AvgIpc) is 2.38. The van der Waals surface area contributed by atoms with E-state index in [1.807, 2.05) is 6.92 Å². The summed E-state index contributed by atoms with van der Waals surface area (Å²) in [6.07, 6.45) is 0. The van der Waals surface area contributed by atoms with Gasteiger partial charge in [0.2, 0.25) is 10.0 Å². The van der Waals surface area contributed by atoms with Gasteiger partial charge < -0.3 is 9.84 Å². The van der Waals surface area contributed by atoms with Crippen LogP contribution in [-0.4, -0.2) is 32.6 Å². The van der Waals surface area contributed by atoms with E-state index in [4.69, 9.17) is 9.84 Å². The van der Waals surface area contributed by atoms with Crippen molar-refractivity contribution in [1.29, 1.82) is 0 Å². The Morgan fingerprint density at radius 1 is 1.30 bits per heavy atom. The molecule has 20 heavy (non-hydrogen) atoms. The summed E-state index contributed by atoms with van der Waals surface area (Å²) in [6.45, 7) is 5.06. The fourth-order valence-electron chi connectivity index (χ4n) is 1.32. The highest BCUT2D eigenvalue weighted by Crippen LogP contribution is 2.18. The van der Waals surface area contributed by atoms with Crippen molar-refractivity contribution in [2.24, 2.45) is 5.41 Å². The molecule has 7 heteroatoms. The van der Waals surface area contributed by atoms with Crippen LogP contribution in [0.15, 0.2) is 29.2 Å². The molecule has 2 N–H and O–H groups in total. The molecule has 1 rings (SSSR count). The molecule has 6 nitrogen and oxygen atoms in total. The Hall–Kier alpha value is -1.60. The van der Waals surface area contributed by atoms with Gasteiger partial charge in [-0.15, -0.1) is 0 Å². The Morgan fingerprint density at radius 3 is 2.30 bits per heavy atom. The summed E-state index contributed by atoms with van der Waals surface area (Å²) in [5, 5.41) is 8.95. The van der Waals surface area contributed by atoms with Gasteiger partial charge in [-0.2, -0.15) is 0 Å². The zero-order valence-electron chi connectivity index (χ0n) is 11.7. The van der Waals surface area contributed by atoms with Crippen LogP contribution < -0.4 is 9.46 Å². The molecule has 0 aliphatic carbocycles. The Bertz CT molecular complexity index is 563. The molecule has 0 radical (unpaired) electrons. The lowest BCUT2D eigenvalue weighted by Crippen LogP contribution is -2.38. The summed E-state index contributed by atoms with van der Waals surface area (Å²) in [7, 11) is -3.73. The molecule has 0 unspecified atom stereocenters. The number of aliphatic carboxylic acids is 1. The number of nitrogens with one attached hydrogen (secondary N) is 1. The molecule has 1 aromatic rings. The molecule has 0 aromatic heterocycles. The van der Waals surface area contributed by atoms with Crippen molar-refractivity contribution in [2.45, 2.75) is 25.7 Å². The highest BCUT2D eigenvalue weighted by atomic mass is 32.2. The van der Waals surface area contributed by atoms with Crippen LogP contribution in [0.4, 0.5) is 0 Å². The summed E-state index contributed by atoms with van der Waals surface area (Å²) in [5.41, 5.74) is -1.17. The monoisotopic (exact) mass is 301 g/mol. The molecule has 0 saturated heterocycles. The highest BCUT2D eigenvalue weighted by Gasteiger charge is 2.29. The molecule has 0 bridgehead atoms. The first-order chi connectivity index (χ1) is 9.19. The van der Waals surface area contributed by atoms with Crippen LogP contribution in [0.25, 0.3) is 0 Å². The van der Waals surface area contributed by atoms with Crippen molar-refractivity contribution < 1.29 is 23.1 Å². The molecule has 1 aromatic carbocycles. The second-order valence-corrected chi connectivity index (χ2v) is 6.68. The number of carbonyl (C=O) groups is 1. The predicted molar refractivity (Wildman–Crippen MR) is 74.2 cm³/mol. The van der Waals surface area contributed by atoms with E-state index >= 15 is 0 Å². The normalized spacial score (nSPS) is 12.2. The number of benzene rings is 1. The third-order valence-electron chi connectivity index (χ3n) is 2.73. The van der Waals surface area contributed by atoms with Gasteiger partial charge in [-0.1, -0.05) is 0 Å². The molecule has 0 fully saturated rings. The van der Waals surface area contributed by atoms with E-state index < -0.39 is 21.4 Å². The van der Waals surface area contributed by atoms with Gasteiger partial charge in [-0.3, -0.25) is 4.79 Å². The van der Waals surface area contributed by atoms with Crippen LogP contribution >= 0.6 is 0 Å². The van der Waals surface area contributed by atoms with Crippen molar-refractivity contribution in [3.8, 4) is 5.75 Å². The predicted octanol–water partition coefficient (Wildman–Crippen LogP) is 1.47. The molecule has 0 aliphatic rings. The minimum Gasteiger partial charge on any atom is -0.494 e. The van der Waals surface area contributed by atoms with Crippen molar-refractivity contribution in [1.82, 2.24) is 4.72 Å². The van der Waals surface area contributed by atoms with Crippen molar-refractivity contribution >= 4 is 16.0 Å². The van der Waals surface area contributed by atoms with Crippen molar-refractivity contribution in [2.75, 3.05) is 13.2 Å². The fourth-order valence-corrected chi connectivity index (χ4v) is 2.53. The lowest BCUT2D eigenvalue weighted by molar-refractivity contribution is -0.146. The van der Waals surface area contributed by atoms with E-state index in [1.165, 1.54) is 26.0 Å².